The van der Waals surface area contributed by atoms with E-state index in [1.54, 1.807) is 19.1 Å². The first-order valence-corrected chi connectivity index (χ1v) is 5.63. The molecule has 0 N–H and O–H groups in total. The van der Waals surface area contributed by atoms with Gasteiger partial charge in [-0.1, -0.05) is 11.6 Å². The molecule has 0 unspecified atom stereocenters. The zero-order valence-corrected chi connectivity index (χ0v) is 10.3. The van der Waals surface area contributed by atoms with E-state index in [-0.39, 0.29) is 5.56 Å². The Balaban J connectivity index is 2.51. The van der Waals surface area contributed by atoms with Crippen LogP contribution >= 0.6 is 11.6 Å². The summed E-state index contributed by atoms with van der Waals surface area (Å²) in [5.74, 6) is -1.94. The van der Waals surface area contributed by atoms with Gasteiger partial charge in [0.2, 0.25) is 0 Å². The Labute approximate surface area is 108 Å². The lowest BCUT2D eigenvalue weighted by atomic mass is 9.99. The van der Waals surface area contributed by atoms with Crippen LogP contribution in [0.2, 0.25) is 5.02 Å². The maximum atomic E-state index is 13.5. The van der Waals surface area contributed by atoms with E-state index in [1.807, 2.05) is 0 Å². The van der Waals surface area contributed by atoms with Gasteiger partial charge in [-0.15, -0.1) is 0 Å². The molecule has 2 rings (SSSR count). The zero-order valence-electron chi connectivity index (χ0n) is 9.51. The van der Waals surface area contributed by atoms with Gasteiger partial charge in [-0.3, -0.25) is 4.79 Å². The van der Waals surface area contributed by atoms with Gasteiger partial charge in [0.1, 0.15) is 11.6 Å². The molecule has 18 heavy (non-hydrogen) atoms. The van der Waals surface area contributed by atoms with Crippen LogP contribution in [0, 0.1) is 18.6 Å². The molecule has 92 valence electrons. The lowest BCUT2D eigenvalue weighted by Gasteiger charge is -2.06. The fraction of sp³-hybridized carbons (Fsp3) is 0.0714. The highest BCUT2D eigenvalue weighted by Gasteiger charge is 2.16. The van der Waals surface area contributed by atoms with Crippen LogP contribution in [0.4, 0.5) is 8.78 Å². The van der Waals surface area contributed by atoms with Crippen LogP contribution in [0.25, 0.3) is 0 Å². The number of carbonyl (C=O) groups excluding carboxylic acids is 1. The maximum absolute atomic E-state index is 13.5. The summed E-state index contributed by atoms with van der Waals surface area (Å²) < 4.78 is 26.6. The Kier molecular flexibility index (Phi) is 3.43. The molecule has 0 atom stereocenters. The molecule has 0 bridgehead atoms. The molecule has 1 nitrogen and oxygen atoms in total. The van der Waals surface area contributed by atoms with Crippen LogP contribution in [-0.4, -0.2) is 5.78 Å². The van der Waals surface area contributed by atoms with Gasteiger partial charge in [-0.2, -0.15) is 0 Å². The van der Waals surface area contributed by atoms with Crippen LogP contribution in [0.3, 0.4) is 0 Å². The fourth-order valence-corrected chi connectivity index (χ4v) is 1.93. The summed E-state index contributed by atoms with van der Waals surface area (Å²) in [4.78, 5) is 12.1. The van der Waals surface area contributed by atoms with Crippen molar-refractivity contribution >= 4 is 17.4 Å². The van der Waals surface area contributed by atoms with E-state index in [4.69, 9.17) is 11.6 Å². The third-order valence-electron chi connectivity index (χ3n) is 2.61. The summed E-state index contributed by atoms with van der Waals surface area (Å²) in [6.45, 7) is 1.69. The van der Waals surface area contributed by atoms with Gasteiger partial charge in [0.25, 0.3) is 0 Å². The van der Waals surface area contributed by atoms with Crippen molar-refractivity contribution in [2.24, 2.45) is 0 Å². The van der Waals surface area contributed by atoms with Crippen LogP contribution in [0.15, 0.2) is 36.4 Å². The molecule has 0 saturated carbocycles. The molecule has 4 heteroatoms. The molecule has 0 saturated heterocycles. The molecule has 0 aliphatic carbocycles. The number of aryl methyl sites for hydroxylation is 1. The first-order chi connectivity index (χ1) is 8.49. The second-order valence-corrected chi connectivity index (χ2v) is 4.35. The van der Waals surface area contributed by atoms with Crippen molar-refractivity contribution in [2.45, 2.75) is 6.92 Å². The molecule has 0 amide bonds. The zero-order chi connectivity index (χ0) is 13.3. The average Bonchev–Trinajstić information content (AvgIpc) is 2.31. The second-order valence-electron chi connectivity index (χ2n) is 3.91. The summed E-state index contributed by atoms with van der Waals surface area (Å²) >= 11 is 5.78. The van der Waals surface area contributed by atoms with Crippen molar-refractivity contribution in [2.75, 3.05) is 0 Å². The highest BCUT2D eigenvalue weighted by molar-refractivity contribution is 6.30. The highest BCUT2D eigenvalue weighted by atomic mass is 35.5. The minimum Gasteiger partial charge on any atom is -0.288 e. The number of carbonyl (C=O) groups is 1. The van der Waals surface area contributed by atoms with E-state index >= 15 is 0 Å². The van der Waals surface area contributed by atoms with Crippen molar-refractivity contribution in [1.29, 1.82) is 0 Å². The van der Waals surface area contributed by atoms with Gasteiger partial charge in [-0.25, -0.2) is 8.78 Å². The number of rotatable bonds is 2. The van der Waals surface area contributed by atoms with Crippen molar-refractivity contribution in [3.05, 3.63) is 69.7 Å². The SMILES string of the molecule is Cc1cc(Cl)ccc1C(=O)c1cc(F)ccc1F. The molecule has 0 aliphatic rings. The summed E-state index contributed by atoms with van der Waals surface area (Å²) in [7, 11) is 0. The van der Waals surface area contributed by atoms with Crippen molar-refractivity contribution in [1.82, 2.24) is 0 Å². The molecule has 2 aromatic rings. The van der Waals surface area contributed by atoms with Crippen molar-refractivity contribution < 1.29 is 13.6 Å². The Morgan fingerprint density at radius 3 is 2.44 bits per heavy atom. The molecule has 0 radical (unpaired) electrons. The first kappa shape index (κ1) is 12.7. The third kappa shape index (κ3) is 2.41. The van der Waals surface area contributed by atoms with Crippen molar-refractivity contribution in [3.63, 3.8) is 0 Å². The van der Waals surface area contributed by atoms with Gasteiger partial charge in [-0.05, 0) is 48.9 Å². The molecule has 0 spiro atoms. The topological polar surface area (TPSA) is 17.1 Å². The molecule has 0 fully saturated rings. The molecular formula is C14H9ClF2O. The van der Waals surface area contributed by atoms with E-state index in [0.29, 0.717) is 16.1 Å². The minimum absolute atomic E-state index is 0.277. The lowest BCUT2D eigenvalue weighted by molar-refractivity contribution is 0.103. The molecule has 2 aromatic carbocycles. The molecule has 0 aromatic heterocycles. The lowest BCUT2D eigenvalue weighted by Crippen LogP contribution is -2.06. The number of hydrogen-bond donors (Lipinski definition) is 0. The highest BCUT2D eigenvalue weighted by Crippen LogP contribution is 2.20. The monoisotopic (exact) mass is 266 g/mol. The van der Waals surface area contributed by atoms with Crippen molar-refractivity contribution in [3.8, 4) is 0 Å². The molecule has 0 heterocycles. The second kappa shape index (κ2) is 4.86. The Hall–Kier alpha value is -1.74. The minimum atomic E-state index is -0.740. The Bertz CT molecular complexity index is 623. The van der Waals surface area contributed by atoms with Gasteiger partial charge >= 0.3 is 0 Å². The summed E-state index contributed by atoms with van der Waals surface area (Å²) in [5.41, 5.74) is 0.653. The van der Waals surface area contributed by atoms with E-state index in [2.05, 4.69) is 0 Å². The molecular weight excluding hydrogens is 258 g/mol. The number of halogens is 3. The van der Waals surface area contributed by atoms with E-state index in [1.165, 1.54) is 6.07 Å². The van der Waals surface area contributed by atoms with Gasteiger partial charge in [0.05, 0.1) is 5.56 Å². The van der Waals surface area contributed by atoms with E-state index in [0.717, 1.165) is 18.2 Å². The third-order valence-corrected chi connectivity index (χ3v) is 2.84. The van der Waals surface area contributed by atoms with Crippen LogP contribution < -0.4 is 0 Å². The standard InChI is InChI=1S/C14H9ClF2O/c1-8-6-9(15)2-4-11(8)14(18)12-7-10(16)3-5-13(12)17/h2-7H,1H3. The number of ketones is 1. The van der Waals surface area contributed by atoms with E-state index in [9.17, 15) is 13.6 Å². The first-order valence-electron chi connectivity index (χ1n) is 5.25. The van der Waals surface area contributed by atoms with E-state index < -0.39 is 17.4 Å². The quantitative estimate of drug-likeness (QED) is 0.746. The summed E-state index contributed by atoms with van der Waals surface area (Å²) in [6.07, 6.45) is 0. The summed E-state index contributed by atoms with van der Waals surface area (Å²) in [5, 5.41) is 0.490. The van der Waals surface area contributed by atoms with Gasteiger partial charge in [0, 0.05) is 10.6 Å². The Morgan fingerprint density at radius 2 is 1.78 bits per heavy atom. The normalized spacial score (nSPS) is 10.4. The predicted octanol–water partition coefficient (Wildman–Crippen LogP) is 4.16. The van der Waals surface area contributed by atoms with Crippen LogP contribution in [0.5, 0.6) is 0 Å². The van der Waals surface area contributed by atoms with Crippen LogP contribution in [0.1, 0.15) is 21.5 Å². The molecule has 0 aliphatic heterocycles. The fourth-order valence-electron chi connectivity index (χ4n) is 1.70. The predicted molar refractivity (Wildman–Crippen MR) is 66.0 cm³/mol. The number of hydrogen-bond acceptors (Lipinski definition) is 1. The largest absolute Gasteiger partial charge is 0.288 e. The maximum Gasteiger partial charge on any atom is 0.196 e. The van der Waals surface area contributed by atoms with Gasteiger partial charge in [0.15, 0.2) is 5.78 Å². The van der Waals surface area contributed by atoms with Gasteiger partial charge < -0.3 is 0 Å². The summed E-state index contributed by atoms with van der Waals surface area (Å²) in [6, 6.07) is 7.45. The number of benzene rings is 2. The van der Waals surface area contributed by atoms with Crippen LogP contribution in [-0.2, 0) is 0 Å². The average molecular weight is 267 g/mol. The Morgan fingerprint density at radius 1 is 1.06 bits per heavy atom. The smallest absolute Gasteiger partial charge is 0.196 e.